The first-order valence-corrected chi connectivity index (χ1v) is 9.14. The summed E-state index contributed by atoms with van der Waals surface area (Å²) in [6.07, 6.45) is 9.04. The van der Waals surface area contributed by atoms with Crippen molar-refractivity contribution >= 4 is 17.4 Å². The minimum Gasteiger partial charge on any atom is -0.348 e. The molecule has 1 aliphatic rings. The number of aryl methyl sites for hydroxylation is 1. The second kappa shape index (κ2) is 8.10. The fourth-order valence-electron chi connectivity index (χ4n) is 3.36. The zero-order chi connectivity index (χ0) is 17.6. The lowest BCUT2D eigenvalue weighted by Gasteiger charge is -2.23. The van der Waals surface area contributed by atoms with Crippen LogP contribution in [-0.2, 0) is 0 Å². The monoisotopic (exact) mass is 338 g/mol. The highest BCUT2D eigenvalue weighted by molar-refractivity contribution is 5.92. The van der Waals surface area contributed by atoms with E-state index in [1.54, 1.807) is 12.4 Å². The van der Waals surface area contributed by atoms with Crippen molar-refractivity contribution in [2.75, 3.05) is 11.4 Å². The summed E-state index contributed by atoms with van der Waals surface area (Å²) in [6.45, 7) is 4.93. The molecule has 1 heterocycles. The van der Waals surface area contributed by atoms with Gasteiger partial charge in [-0.05, 0) is 44.4 Å². The maximum atomic E-state index is 12.4. The quantitative estimate of drug-likeness (QED) is 0.895. The summed E-state index contributed by atoms with van der Waals surface area (Å²) < 4.78 is 0. The van der Waals surface area contributed by atoms with E-state index in [4.69, 9.17) is 0 Å². The lowest BCUT2D eigenvalue weighted by molar-refractivity contribution is 0.0922. The highest BCUT2D eigenvalue weighted by Gasteiger charge is 2.18. The average molecular weight is 338 g/mol. The summed E-state index contributed by atoms with van der Waals surface area (Å²) in [5, 5.41) is 3.08. The molecule has 1 aliphatic carbocycles. The Bertz CT molecular complexity index is 708. The lowest BCUT2D eigenvalue weighted by atomic mass is 9.95. The topological polar surface area (TPSA) is 58.1 Å². The molecule has 5 heteroatoms. The van der Waals surface area contributed by atoms with Gasteiger partial charge in [-0.1, -0.05) is 31.4 Å². The summed E-state index contributed by atoms with van der Waals surface area (Å²) in [6, 6.07) is 8.56. The zero-order valence-corrected chi connectivity index (χ0v) is 15.0. The molecule has 1 fully saturated rings. The van der Waals surface area contributed by atoms with E-state index < -0.39 is 0 Å². The van der Waals surface area contributed by atoms with E-state index >= 15 is 0 Å². The highest BCUT2D eigenvalue weighted by atomic mass is 16.1. The maximum absolute atomic E-state index is 12.4. The van der Waals surface area contributed by atoms with Crippen molar-refractivity contribution < 1.29 is 4.79 Å². The Morgan fingerprint density at radius 1 is 1.20 bits per heavy atom. The van der Waals surface area contributed by atoms with Gasteiger partial charge in [-0.3, -0.25) is 4.79 Å². The van der Waals surface area contributed by atoms with E-state index in [0.717, 1.165) is 30.9 Å². The van der Waals surface area contributed by atoms with E-state index in [-0.39, 0.29) is 11.9 Å². The molecule has 1 amide bonds. The van der Waals surface area contributed by atoms with Crippen molar-refractivity contribution in [1.29, 1.82) is 0 Å². The van der Waals surface area contributed by atoms with Crippen molar-refractivity contribution in [3.8, 4) is 0 Å². The number of amides is 1. The number of nitrogens with zero attached hydrogens (tertiary/aromatic N) is 3. The Kier molecular flexibility index (Phi) is 5.64. The fourth-order valence-corrected chi connectivity index (χ4v) is 3.36. The van der Waals surface area contributed by atoms with Gasteiger partial charge < -0.3 is 10.2 Å². The third-order valence-corrected chi connectivity index (χ3v) is 4.72. The number of rotatable bonds is 5. The summed E-state index contributed by atoms with van der Waals surface area (Å²) in [5.74, 6) is 0.631. The Labute approximate surface area is 149 Å². The van der Waals surface area contributed by atoms with Crippen molar-refractivity contribution in [2.45, 2.75) is 52.0 Å². The largest absolute Gasteiger partial charge is 0.348 e. The van der Waals surface area contributed by atoms with E-state index in [9.17, 15) is 4.79 Å². The Morgan fingerprint density at radius 2 is 2.00 bits per heavy atom. The van der Waals surface area contributed by atoms with Crippen molar-refractivity contribution in [2.24, 2.45) is 0 Å². The number of aromatic nitrogens is 2. The van der Waals surface area contributed by atoms with E-state index in [0.29, 0.717) is 5.69 Å². The molecular formula is C20H26N4O. The van der Waals surface area contributed by atoms with Gasteiger partial charge >= 0.3 is 0 Å². The van der Waals surface area contributed by atoms with E-state index in [1.165, 1.54) is 24.8 Å². The number of anilines is 2. The molecule has 1 saturated carbocycles. The maximum Gasteiger partial charge on any atom is 0.271 e. The average Bonchev–Trinajstić information content (AvgIpc) is 2.64. The van der Waals surface area contributed by atoms with Crippen LogP contribution in [0.15, 0.2) is 36.7 Å². The van der Waals surface area contributed by atoms with Crippen LogP contribution in [0.5, 0.6) is 0 Å². The lowest BCUT2D eigenvalue weighted by Crippen LogP contribution is -2.36. The van der Waals surface area contributed by atoms with Crippen LogP contribution in [0.3, 0.4) is 0 Å². The predicted molar refractivity (Wildman–Crippen MR) is 100 cm³/mol. The molecule has 0 saturated heterocycles. The van der Waals surface area contributed by atoms with Crippen molar-refractivity contribution in [3.63, 3.8) is 0 Å². The molecule has 132 valence electrons. The molecule has 5 nitrogen and oxygen atoms in total. The molecule has 3 rings (SSSR count). The standard InChI is InChI=1S/C20H26N4O/c1-3-24(17-11-7-8-15(2)12-17)19-14-21-18(13-22-19)20(25)23-16-9-5-4-6-10-16/h7-8,11-14,16H,3-6,9-10H2,1-2H3,(H,23,25). The second-order valence-corrected chi connectivity index (χ2v) is 6.65. The summed E-state index contributed by atoms with van der Waals surface area (Å²) in [7, 11) is 0. The first-order valence-electron chi connectivity index (χ1n) is 9.14. The Morgan fingerprint density at radius 3 is 2.64 bits per heavy atom. The van der Waals surface area contributed by atoms with Crippen LogP contribution < -0.4 is 10.2 Å². The number of carbonyl (C=O) groups is 1. The van der Waals surface area contributed by atoms with Gasteiger partial charge in [0.05, 0.1) is 12.4 Å². The minimum absolute atomic E-state index is 0.121. The van der Waals surface area contributed by atoms with Gasteiger partial charge in [0.25, 0.3) is 5.91 Å². The van der Waals surface area contributed by atoms with Crippen LogP contribution in [0, 0.1) is 6.92 Å². The molecule has 0 radical (unpaired) electrons. The molecule has 1 aromatic carbocycles. The number of hydrogen-bond acceptors (Lipinski definition) is 4. The van der Waals surface area contributed by atoms with Crippen LogP contribution in [0.25, 0.3) is 0 Å². The second-order valence-electron chi connectivity index (χ2n) is 6.65. The van der Waals surface area contributed by atoms with Crippen LogP contribution in [0.1, 0.15) is 55.1 Å². The molecule has 25 heavy (non-hydrogen) atoms. The van der Waals surface area contributed by atoms with Crippen molar-refractivity contribution in [1.82, 2.24) is 15.3 Å². The van der Waals surface area contributed by atoms with Gasteiger partial charge in [0.1, 0.15) is 5.69 Å². The molecular weight excluding hydrogens is 312 g/mol. The zero-order valence-electron chi connectivity index (χ0n) is 15.0. The Hall–Kier alpha value is -2.43. The molecule has 2 aromatic rings. The minimum atomic E-state index is -0.121. The van der Waals surface area contributed by atoms with Gasteiger partial charge in [-0.25, -0.2) is 9.97 Å². The molecule has 0 aliphatic heterocycles. The predicted octanol–water partition coefficient (Wildman–Crippen LogP) is 4.01. The van der Waals surface area contributed by atoms with Gasteiger partial charge in [-0.2, -0.15) is 0 Å². The van der Waals surface area contributed by atoms with Crippen LogP contribution >= 0.6 is 0 Å². The van der Waals surface area contributed by atoms with Crippen LogP contribution in [0.4, 0.5) is 11.5 Å². The molecule has 1 N–H and O–H groups in total. The first-order chi connectivity index (χ1) is 12.2. The molecule has 0 unspecified atom stereocenters. The number of nitrogens with one attached hydrogen (secondary N) is 1. The summed E-state index contributed by atoms with van der Waals surface area (Å²) >= 11 is 0. The Balaban J connectivity index is 1.71. The van der Waals surface area contributed by atoms with Gasteiger partial charge in [0.15, 0.2) is 5.82 Å². The summed E-state index contributed by atoms with van der Waals surface area (Å²) in [5.41, 5.74) is 2.67. The normalized spacial score (nSPS) is 15.0. The number of benzene rings is 1. The summed E-state index contributed by atoms with van der Waals surface area (Å²) in [4.78, 5) is 23.3. The van der Waals surface area contributed by atoms with Gasteiger partial charge in [0.2, 0.25) is 0 Å². The van der Waals surface area contributed by atoms with Crippen LogP contribution in [0.2, 0.25) is 0 Å². The first kappa shape index (κ1) is 17.4. The number of hydrogen-bond donors (Lipinski definition) is 1. The number of carbonyl (C=O) groups excluding carboxylic acids is 1. The smallest absolute Gasteiger partial charge is 0.271 e. The third-order valence-electron chi connectivity index (χ3n) is 4.72. The third kappa shape index (κ3) is 4.35. The molecule has 0 bridgehead atoms. The molecule has 1 aromatic heterocycles. The van der Waals surface area contributed by atoms with Crippen molar-refractivity contribution in [3.05, 3.63) is 47.9 Å². The van der Waals surface area contributed by atoms with Crippen LogP contribution in [-0.4, -0.2) is 28.5 Å². The van der Waals surface area contributed by atoms with Gasteiger partial charge in [-0.15, -0.1) is 0 Å². The molecule has 0 spiro atoms. The van der Waals surface area contributed by atoms with E-state index in [1.807, 2.05) is 6.07 Å². The SMILES string of the molecule is CCN(c1cccc(C)c1)c1cnc(C(=O)NC2CCCCC2)cn1. The molecule has 0 atom stereocenters. The fraction of sp³-hybridized carbons (Fsp3) is 0.450. The van der Waals surface area contributed by atoms with E-state index in [2.05, 4.69) is 52.2 Å². The van der Waals surface area contributed by atoms with Gasteiger partial charge in [0, 0.05) is 18.3 Å². The highest BCUT2D eigenvalue weighted by Crippen LogP contribution is 2.23.